The molecule has 3 heterocycles. The lowest BCUT2D eigenvalue weighted by Crippen LogP contribution is -2.46. The van der Waals surface area contributed by atoms with Crippen LogP contribution in [0, 0.1) is 13.8 Å². The maximum Gasteiger partial charge on any atom is 0.330 e. The number of ether oxygens (including phenoxy) is 1. The zero-order valence-electron chi connectivity index (χ0n) is 17.5. The predicted molar refractivity (Wildman–Crippen MR) is 115 cm³/mol. The highest BCUT2D eigenvalue weighted by molar-refractivity contribution is 8.01. The normalized spacial score (nSPS) is 23.0. The van der Waals surface area contributed by atoms with Crippen molar-refractivity contribution in [3.05, 3.63) is 58.9 Å². The van der Waals surface area contributed by atoms with Gasteiger partial charge in [-0.25, -0.2) is 4.79 Å². The van der Waals surface area contributed by atoms with Crippen molar-refractivity contribution in [2.75, 3.05) is 12.4 Å². The smallest absolute Gasteiger partial charge is 0.330 e. The summed E-state index contributed by atoms with van der Waals surface area (Å²) in [6.07, 6.45) is 1.20. The van der Waals surface area contributed by atoms with Gasteiger partial charge in [-0.05, 0) is 38.8 Å². The zero-order chi connectivity index (χ0) is 21.5. The van der Waals surface area contributed by atoms with Gasteiger partial charge in [0.2, 0.25) is 11.7 Å². The number of carbonyl (C=O) groups excluding carboxylic acids is 3. The van der Waals surface area contributed by atoms with Gasteiger partial charge in [-0.1, -0.05) is 30.3 Å². The van der Waals surface area contributed by atoms with E-state index in [2.05, 4.69) is 16.7 Å². The zero-order valence-corrected chi connectivity index (χ0v) is 18.3. The standard InChI is InChI=1S/C23H26N2O4S/c1-15-11-18(16(2)24(15)12-17-7-5-4-6-8-17)20(26)13-29-22(28)19-14-30-23(3)10-9-21(27)25(19)23/h4-8,11,19H,9-10,12-14H2,1-3H3/t19-,23-/m1/s1. The molecule has 158 valence electrons. The SMILES string of the molecule is Cc1cc(C(=O)COC(=O)[C@H]2CS[C@]3(C)CCC(=O)N23)c(C)n1Cc1ccccc1. The Kier molecular flexibility index (Phi) is 5.49. The number of Topliss-reactive ketones (excluding diaryl/α,β-unsaturated/α-hetero) is 1. The molecule has 2 saturated heterocycles. The molecule has 0 radical (unpaired) electrons. The molecular weight excluding hydrogens is 400 g/mol. The molecule has 1 amide bonds. The van der Waals surface area contributed by atoms with Crippen molar-refractivity contribution in [2.24, 2.45) is 0 Å². The topological polar surface area (TPSA) is 68.6 Å². The molecule has 0 aliphatic carbocycles. The van der Waals surface area contributed by atoms with Crippen LogP contribution in [0.5, 0.6) is 0 Å². The summed E-state index contributed by atoms with van der Waals surface area (Å²) in [6, 6.07) is 11.3. The lowest BCUT2D eigenvalue weighted by molar-refractivity contribution is -0.152. The summed E-state index contributed by atoms with van der Waals surface area (Å²) in [5, 5.41) is 0. The Hall–Kier alpha value is -2.54. The maximum atomic E-state index is 12.8. The van der Waals surface area contributed by atoms with Gasteiger partial charge in [0.25, 0.3) is 0 Å². The van der Waals surface area contributed by atoms with Crippen molar-refractivity contribution < 1.29 is 19.1 Å². The van der Waals surface area contributed by atoms with Crippen molar-refractivity contribution in [3.8, 4) is 0 Å². The van der Waals surface area contributed by atoms with E-state index in [0.717, 1.165) is 23.4 Å². The third-order valence-electron chi connectivity index (χ3n) is 6.12. The van der Waals surface area contributed by atoms with E-state index in [1.165, 1.54) is 0 Å². The summed E-state index contributed by atoms with van der Waals surface area (Å²) >= 11 is 1.61. The minimum absolute atomic E-state index is 0.0137. The van der Waals surface area contributed by atoms with E-state index in [-0.39, 0.29) is 23.2 Å². The fraction of sp³-hybridized carbons (Fsp3) is 0.435. The summed E-state index contributed by atoms with van der Waals surface area (Å²) in [6.45, 7) is 6.23. The highest BCUT2D eigenvalue weighted by Crippen LogP contribution is 2.47. The van der Waals surface area contributed by atoms with E-state index in [4.69, 9.17) is 4.74 Å². The van der Waals surface area contributed by atoms with Crippen molar-refractivity contribution in [3.63, 3.8) is 0 Å². The number of fused-ring (bicyclic) bond motifs is 1. The van der Waals surface area contributed by atoms with E-state index < -0.39 is 12.0 Å². The number of carbonyl (C=O) groups is 3. The number of hydrogen-bond donors (Lipinski definition) is 0. The molecule has 0 bridgehead atoms. The maximum absolute atomic E-state index is 12.8. The first-order valence-electron chi connectivity index (χ1n) is 10.2. The van der Waals surface area contributed by atoms with Gasteiger partial charge < -0.3 is 14.2 Å². The lowest BCUT2D eigenvalue weighted by Gasteiger charge is -2.29. The molecule has 2 aliphatic rings. The van der Waals surface area contributed by atoms with Crippen molar-refractivity contribution in [1.29, 1.82) is 0 Å². The molecule has 4 rings (SSSR count). The Morgan fingerprint density at radius 2 is 1.97 bits per heavy atom. The number of hydrogen-bond acceptors (Lipinski definition) is 5. The highest BCUT2D eigenvalue weighted by Gasteiger charge is 2.53. The van der Waals surface area contributed by atoms with Crippen LogP contribution in [0.25, 0.3) is 0 Å². The highest BCUT2D eigenvalue weighted by atomic mass is 32.2. The fourth-order valence-corrected chi connectivity index (χ4v) is 5.82. The minimum Gasteiger partial charge on any atom is -0.456 e. The minimum atomic E-state index is -0.603. The Morgan fingerprint density at radius 1 is 1.23 bits per heavy atom. The molecule has 7 heteroatoms. The molecule has 30 heavy (non-hydrogen) atoms. The third-order valence-corrected chi connectivity index (χ3v) is 7.63. The Labute approximate surface area is 180 Å². The third kappa shape index (κ3) is 3.67. The van der Waals surface area contributed by atoms with Crippen molar-refractivity contribution >= 4 is 29.4 Å². The van der Waals surface area contributed by atoms with Crippen LogP contribution in [0.15, 0.2) is 36.4 Å². The second kappa shape index (κ2) is 7.95. The molecule has 6 nitrogen and oxygen atoms in total. The number of thioether (sulfide) groups is 1. The predicted octanol–water partition coefficient (Wildman–Crippen LogP) is 3.33. The van der Waals surface area contributed by atoms with Gasteiger partial charge >= 0.3 is 5.97 Å². The molecule has 1 aromatic carbocycles. The Morgan fingerprint density at radius 3 is 2.70 bits per heavy atom. The Bertz CT molecular complexity index is 1000. The molecule has 0 N–H and O–H groups in total. The van der Waals surface area contributed by atoms with Gasteiger partial charge in [-0.15, -0.1) is 11.8 Å². The molecule has 0 unspecified atom stereocenters. The van der Waals surface area contributed by atoms with Crippen LogP contribution in [0.2, 0.25) is 0 Å². The van der Waals surface area contributed by atoms with Crippen LogP contribution in [-0.4, -0.2) is 50.4 Å². The first-order chi connectivity index (χ1) is 14.3. The summed E-state index contributed by atoms with van der Waals surface area (Å²) in [5.74, 6) is -0.217. The molecular formula is C23H26N2O4S. The number of nitrogens with zero attached hydrogens (tertiary/aromatic N) is 2. The van der Waals surface area contributed by atoms with Crippen LogP contribution in [0.1, 0.15) is 47.1 Å². The summed E-state index contributed by atoms with van der Waals surface area (Å²) < 4.78 is 7.45. The monoisotopic (exact) mass is 426 g/mol. The van der Waals surface area contributed by atoms with Crippen LogP contribution < -0.4 is 0 Å². The lowest BCUT2D eigenvalue weighted by atomic mass is 10.1. The van der Waals surface area contributed by atoms with E-state index in [1.807, 2.05) is 45.0 Å². The number of rotatable bonds is 6. The van der Waals surface area contributed by atoms with Crippen LogP contribution in [-0.2, 0) is 20.9 Å². The number of aromatic nitrogens is 1. The van der Waals surface area contributed by atoms with Gasteiger partial charge in [0.15, 0.2) is 6.61 Å². The van der Waals surface area contributed by atoms with Gasteiger partial charge in [-0.3, -0.25) is 9.59 Å². The van der Waals surface area contributed by atoms with Crippen LogP contribution in [0.3, 0.4) is 0 Å². The van der Waals surface area contributed by atoms with Gasteiger partial charge in [-0.2, -0.15) is 0 Å². The molecule has 2 aliphatic heterocycles. The molecule has 0 saturated carbocycles. The van der Waals surface area contributed by atoms with Crippen molar-refractivity contribution in [1.82, 2.24) is 9.47 Å². The van der Waals surface area contributed by atoms with E-state index in [0.29, 0.717) is 24.3 Å². The number of esters is 1. The number of amides is 1. The van der Waals surface area contributed by atoms with Gasteiger partial charge in [0, 0.05) is 35.7 Å². The second-order valence-corrected chi connectivity index (χ2v) is 9.65. The fourth-order valence-electron chi connectivity index (χ4n) is 4.40. The molecule has 2 fully saturated rings. The molecule has 0 spiro atoms. The van der Waals surface area contributed by atoms with E-state index >= 15 is 0 Å². The summed E-state index contributed by atoms with van der Waals surface area (Å²) in [4.78, 5) is 38.9. The molecule has 2 atom stereocenters. The number of aryl methyl sites for hydroxylation is 1. The van der Waals surface area contributed by atoms with E-state index in [9.17, 15) is 14.4 Å². The van der Waals surface area contributed by atoms with E-state index in [1.54, 1.807) is 16.7 Å². The van der Waals surface area contributed by atoms with Gasteiger partial charge in [0.05, 0.1) is 4.87 Å². The average molecular weight is 427 g/mol. The average Bonchev–Trinajstić information content (AvgIpc) is 3.33. The second-order valence-electron chi connectivity index (χ2n) is 8.15. The number of benzene rings is 1. The van der Waals surface area contributed by atoms with Crippen LogP contribution >= 0.6 is 11.8 Å². The van der Waals surface area contributed by atoms with Crippen molar-refractivity contribution in [2.45, 2.75) is 51.1 Å². The Balaban J connectivity index is 1.42. The first kappa shape index (κ1) is 20.7. The quantitative estimate of drug-likeness (QED) is 0.524. The number of ketones is 1. The van der Waals surface area contributed by atoms with Crippen LogP contribution in [0.4, 0.5) is 0 Å². The molecule has 2 aromatic rings. The summed E-state index contributed by atoms with van der Waals surface area (Å²) in [7, 11) is 0. The largest absolute Gasteiger partial charge is 0.456 e. The van der Waals surface area contributed by atoms with Gasteiger partial charge in [0.1, 0.15) is 6.04 Å². The molecule has 1 aromatic heterocycles. The summed E-state index contributed by atoms with van der Waals surface area (Å²) in [5.41, 5.74) is 3.56. The first-order valence-corrected chi connectivity index (χ1v) is 11.2.